The van der Waals surface area contributed by atoms with Crippen LogP contribution in [0.1, 0.15) is 31.2 Å². The normalized spacial score (nSPS) is 10.3. The maximum Gasteiger partial charge on any atom is 0.337 e. The molecule has 0 bridgehead atoms. The largest absolute Gasteiger partial charge is 0.497 e. The van der Waals surface area contributed by atoms with Gasteiger partial charge in [-0.05, 0) is 42.5 Å². The van der Waals surface area contributed by atoms with Gasteiger partial charge in [-0.25, -0.2) is 9.78 Å². The van der Waals surface area contributed by atoms with Crippen LogP contribution >= 0.6 is 22.9 Å². The summed E-state index contributed by atoms with van der Waals surface area (Å²) in [6.07, 6.45) is 0. The van der Waals surface area contributed by atoms with Gasteiger partial charge < -0.3 is 15.2 Å². The average Bonchev–Trinajstić information content (AvgIpc) is 3.18. The van der Waals surface area contributed by atoms with E-state index in [0.717, 1.165) is 11.3 Å². The van der Waals surface area contributed by atoms with Crippen molar-refractivity contribution in [3.63, 3.8) is 0 Å². The molecule has 3 N–H and O–H groups in total. The van der Waals surface area contributed by atoms with Crippen molar-refractivity contribution >= 4 is 51.5 Å². The predicted molar refractivity (Wildman–Crippen MR) is 109 cm³/mol. The van der Waals surface area contributed by atoms with E-state index in [1.807, 2.05) is 0 Å². The highest BCUT2D eigenvalue weighted by Gasteiger charge is 2.15. The minimum absolute atomic E-state index is 0.0627. The number of nitrogens with one attached hydrogen (secondary N) is 2. The standard InChI is InChI=1S/C19H14ClN3O5S/c1-28-12-5-2-10(3-6-12)16(24)23-19-22-15(9-29-19)17(25)21-11-4-7-14(20)13(8-11)18(26)27/h2-9H,1H3,(H,21,25)(H,26,27)(H,22,23,24). The van der Waals surface area contributed by atoms with Crippen LogP contribution in [0, 0.1) is 0 Å². The molecular weight excluding hydrogens is 418 g/mol. The number of anilines is 2. The molecule has 3 aromatic rings. The molecular formula is C19H14ClN3O5S. The number of carboxylic acids is 1. The lowest BCUT2D eigenvalue weighted by Crippen LogP contribution is -2.14. The lowest BCUT2D eigenvalue weighted by Gasteiger charge is -2.06. The first-order chi connectivity index (χ1) is 13.9. The van der Waals surface area contributed by atoms with E-state index in [0.29, 0.717) is 11.3 Å². The lowest BCUT2D eigenvalue weighted by molar-refractivity contribution is 0.0696. The summed E-state index contributed by atoms with van der Waals surface area (Å²) in [6.45, 7) is 0. The lowest BCUT2D eigenvalue weighted by atomic mass is 10.2. The van der Waals surface area contributed by atoms with Gasteiger partial charge in [0.25, 0.3) is 11.8 Å². The Hall–Kier alpha value is -3.43. The monoisotopic (exact) mass is 431 g/mol. The Labute approximate surface area is 174 Å². The Balaban J connectivity index is 1.67. The summed E-state index contributed by atoms with van der Waals surface area (Å²) in [6, 6.07) is 10.6. The zero-order valence-electron chi connectivity index (χ0n) is 14.9. The van der Waals surface area contributed by atoms with E-state index in [1.165, 1.54) is 30.7 Å². The summed E-state index contributed by atoms with van der Waals surface area (Å²) >= 11 is 6.90. The Morgan fingerprint density at radius 2 is 1.79 bits per heavy atom. The van der Waals surface area contributed by atoms with Gasteiger partial charge >= 0.3 is 5.97 Å². The van der Waals surface area contributed by atoms with E-state index in [2.05, 4.69) is 15.6 Å². The molecule has 2 amide bonds. The van der Waals surface area contributed by atoms with Gasteiger partial charge in [0.1, 0.15) is 11.4 Å². The van der Waals surface area contributed by atoms with Crippen LogP contribution in [0.5, 0.6) is 5.75 Å². The molecule has 0 aliphatic rings. The van der Waals surface area contributed by atoms with Gasteiger partial charge in [-0.2, -0.15) is 0 Å². The molecule has 1 aromatic heterocycles. The molecule has 2 aromatic carbocycles. The van der Waals surface area contributed by atoms with Crippen molar-refractivity contribution < 1.29 is 24.2 Å². The Morgan fingerprint density at radius 3 is 2.45 bits per heavy atom. The number of hydrogen-bond donors (Lipinski definition) is 3. The van der Waals surface area contributed by atoms with Crippen LogP contribution in [0.2, 0.25) is 5.02 Å². The molecule has 0 unspecified atom stereocenters. The zero-order chi connectivity index (χ0) is 21.0. The maximum atomic E-state index is 12.3. The molecule has 1 heterocycles. The van der Waals surface area contributed by atoms with Crippen LogP contribution in [0.3, 0.4) is 0 Å². The summed E-state index contributed by atoms with van der Waals surface area (Å²) in [5.41, 5.74) is 0.616. The number of benzene rings is 2. The number of carbonyl (C=O) groups excluding carboxylic acids is 2. The van der Waals surface area contributed by atoms with Crippen molar-refractivity contribution in [3.8, 4) is 5.75 Å². The third-order valence-electron chi connectivity index (χ3n) is 3.76. The van der Waals surface area contributed by atoms with E-state index >= 15 is 0 Å². The van der Waals surface area contributed by atoms with Crippen molar-refractivity contribution in [1.82, 2.24) is 4.98 Å². The van der Waals surface area contributed by atoms with Gasteiger partial charge in [0.2, 0.25) is 0 Å². The molecule has 29 heavy (non-hydrogen) atoms. The molecule has 8 nitrogen and oxygen atoms in total. The first-order valence-electron chi connectivity index (χ1n) is 8.12. The maximum absolute atomic E-state index is 12.3. The van der Waals surface area contributed by atoms with Crippen molar-refractivity contribution in [2.45, 2.75) is 0 Å². The fourth-order valence-electron chi connectivity index (χ4n) is 2.31. The fraction of sp³-hybridized carbons (Fsp3) is 0.0526. The zero-order valence-corrected chi connectivity index (χ0v) is 16.5. The van der Waals surface area contributed by atoms with E-state index in [9.17, 15) is 14.4 Å². The third-order valence-corrected chi connectivity index (χ3v) is 4.85. The van der Waals surface area contributed by atoms with Gasteiger partial charge in [-0.3, -0.25) is 14.9 Å². The van der Waals surface area contributed by atoms with E-state index in [1.54, 1.807) is 24.3 Å². The molecule has 3 rings (SSSR count). The minimum atomic E-state index is -1.21. The van der Waals surface area contributed by atoms with Crippen LogP contribution in [-0.2, 0) is 0 Å². The Bertz CT molecular complexity index is 1080. The molecule has 0 radical (unpaired) electrons. The summed E-state index contributed by atoms with van der Waals surface area (Å²) in [7, 11) is 1.53. The number of aromatic nitrogens is 1. The smallest absolute Gasteiger partial charge is 0.337 e. The fourth-order valence-corrected chi connectivity index (χ4v) is 3.19. The van der Waals surface area contributed by atoms with Gasteiger partial charge in [0.05, 0.1) is 17.7 Å². The number of methoxy groups -OCH3 is 1. The third kappa shape index (κ3) is 4.89. The Morgan fingerprint density at radius 1 is 1.07 bits per heavy atom. The number of aromatic carboxylic acids is 1. The molecule has 0 spiro atoms. The summed E-state index contributed by atoms with van der Waals surface area (Å²) < 4.78 is 5.05. The number of rotatable bonds is 6. The van der Waals surface area contributed by atoms with E-state index in [4.69, 9.17) is 21.4 Å². The quantitative estimate of drug-likeness (QED) is 0.542. The molecule has 0 fully saturated rings. The number of nitrogens with zero attached hydrogens (tertiary/aromatic N) is 1. The molecule has 0 aliphatic carbocycles. The number of hydrogen-bond acceptors (Lipinski definition) is 6. The second-order valence-electron chi connectivity index (χ2n) is 5.67. The van der Waals surface area contributed by atoms with Gasteiger partial charge in [-0.15, -0.1) is 11.3 Å². The van der Waals surface area contributed by atoms with Crippen molar-refractivity contribution in [2.24, 2.45) is 0 Å². The molecule has 10 heteroatoms. The number of thiazole rings is 1. The first kappa shape index (κ1) is 20.3. The van der Waals surface area contributed by atoms with Gasteiger partial charge in [0, 0.05) is 16.6 Å². The number of halogens is 1. The average molecular weight is 432 g/mol. The van der Waals surface area contributed by atoms with Crippen molar-refractivity contribution in [2.75, 3.05) is 17.7 Å². The minimum Gasteiger partial charge on any atom is -0.497 e. The van der Waals surface area contributed by atoms with Gasteiger partial charge in [0.15, 0.2) is 5.13 Å². The van der Waals surface area contributed by atoms with Crippen LogP contribution in [-0.4, -0.2) is 35.0 Å². The SMILES string of the molecule is COc1ccc(C(=O)Nc2nc(C(=O)Nc3ccc(Cl)c(C(=O)O)c3)cs2)cc1. The number of carbonyl (C=O) groups is 3. The van der Waals surface area contributed by atoms with E-state index in [-0.39, 0.29) is 33.0 Å². The molecule has 0 atom stereocenters. The summed E-state index contributed by atoms with van der Waals surface area (Å²) in [5.74, 6) is -1.51. The van der Waals surface area contributed by atoms with Crippen LogP contribution in [0.15, 0.2) is 47.8 Å². The highest BCUT2D eigenvalue weighted by atomic mass is 35.5. The van der Waals surface area contributed by atoms with Gasteiger partial charge in [-0.1, -0.05) is 11.6 Å². The first-order valence-corrected chi connectivity index (χ1v) is 9.38. The number of carboxylic acid groups (broad SMARTS) is 1. The molecule has 0 saturated carbocycles. The predicted octanol–water partition coefficient (Wildman–Crippen LogP) is 4.01. The topological polar surface area (TPSA) is 118 Å². The van der Waals surface area contributed by atoms with E-state index < -0.39 is 11.9 Å². The van der Waals surface area contributed by atoms with Crippen LogP contribution < -0.4 is 15.4 Å². The summed E-state index contributed by atoms with van der Waals surface area (Å²) in [4.78, 5) is 39.8. The van der Waals surface area contributed by atoms with Crippen LogP contribution in [0.4, 0.5) is 10.8 Å². The Kier molecular flexibility index (Phi) is 6.10. The second-order valence-corrected chi connectivity index (χ2v) is 6.94. The molecule has 0 aliphatic heterocycles. The van der Waals surface area contributed by atoms with Crippen molar-refractivity contribution in [3.05, 3.63) is 69.7 Å². The molecule has 0 saturated heterocycles. The number of amides is 2. The summed E-state index contributed by atoms with van der Waals surface area (Å²) in [5, 5.41) is 16.1. The van der Waals surface area contributed by atoms with Crippen molar-refractivity contribution in [1.29, 1.82) is 0 Å². The second kappa shape index (κ2) is 8.72. The number of ether oxygens (including phenoxy) is 1. The highest BCUT2D eigenvalue weighted by molar-refractivity contribution is 7.14. The highest BCUT2D eigenvalue weighted by Crippen LogP contribution is 2.22. The molecule has 148 valence electrons. The van der Waals surface area contributed by atoms with Crippen LogP contribution in [0.25, 0.3) is 0 Å².